The van der Waals surface area contributed by atoms with Crippen molar-refractivity contribution in [2.75, 3.05) is 0 Å². The van der Waals surface area contributed by atoms with Crippen LogP contribution in [0.3, 0.4) is 0 Å². The average Bonchev–Trinajstić information content (AvgIpc) is 3.09. The Balaban J connectivity index is 1.90. The molecule has 5 nitrogen and oxygen atoms in total. The van der Waals surface area contributed by atoms with Crippen LogP contribution in [0.5, 0.6) is 0 Å². The molecule has 160 valence electrons. The number of aromatic nitrogens is 3. The van der Waals surface area contributed by atoms with E-state index < -0.39 is 17.6 Å². The van der Waals surface area contributed by atoms with Gasteiger partial charge in [-0.05, 0) is 23.6 Å². The summed E-state index contributed by atoms with van der Waals surface area (Å²) in [4.78, 5) is 17.2. The molecule has 1 aromatic carbocycles. The predicted molar refractivity (Wildman–Crippen MR) is 108 cm³/mol. The van der Waals surface area contributed by atoms with E-state index in [-0.39, 0.29) is 17.9 Å². The molecule has 0 aliphatic heterocycles. The van der Waals surface area contributed by atoms with Crippen molar-refractivity contribution in [2.45, 2.75) is 58.7 Å². The van der Waals surface area contributed by atoms with Gasteiger partial charge in [0.1, 0.15) is 0 Å². The first kappa shape index (κ1) is 21.8. The Hall–Kier alpha value is -2.90. The molecule has 0 unspecified atom stereocenters. The Morgan fingerprint density at radius 2 is 1.87 bits per heavy atom. The van der Waals surface area contributed by atoms with Crippen LogP contribution in [0.4, 0.5) is 13.2 Å². The van der Waals surface area contributed by atoms with Crippen molar-refractivity contribution >= 4 is 11.6 Å². The van der Waals surface area contributed by atoms with E-state index in [1.54, 1.807) is 10.6 Å². The van der Waals surface area contributed by atoms with Crippen molar-refractivity contribution in [1.82, 2.24) is 19.9 Å². The third-order valence-corrected chi connectivity index (χ3v) is 4.79. The lowest BCUT2D eigenvalue weighted by molar-refractivity contribution is -0.137. The lowest BCUT2D eigenvalue weighted by Crippen LogP contribution is -2.26. The van der Waals surface area contributed by atoms with Crippen molar-refractivity contribution in [2.24, 2.45) is 0 Å². The minimum absolute atomic E-state index is 0.0162. The number of nitrogens with one attached hydrogen (secondary N) is 1. The maximum Gasteiger partial charge on any atom is 0.416 e. The molecule has 1 amide bonds. The molecule has 3 rings (SSSR count). The summed E-state index contributed by atoms with van der Waals surface area (Å²) in [6.07, 6.45) is -2.93. The van der Waals surface area contributed by atoms with E-state index in [0.717, 1.165) is 17.8 Å². The highest BCUT2D eigenvalue weighted by Gasteiger charge is 2.30. The molecule has 2 aromatic heterocycles. The van der Waals surface area contributed by atoms with Crippen LogP contribution in [0, 0.1) is 0 Å². The van der Waals surface area contributed by atoms with Crippen LogP contribution in [0.2, 0.25) is 0 Å². The van der Waals surface area contributed by atoms with E-state index in [2.05, 4.69) is 15.4 Å². The maximum atomic E-state index is 12.9. The van der Waals surface area contributed by atoms with Crippen LogP contribution in [0.25, 0.3) is 5.65 Å². The van der Waals surface area contributed by atoms with Gasteiger partial charge in [-0.25, -0.2) is 9.50 Å². The number of alkyl halides is 3. The molecule has 8 heteroatoms. The molecule has 0 aliphatic carbocycles. The summed E-state index contributed by atoms with van der Waals surface area (Å²) in [5.41, 5.74) is 2.02. The second kappa shape index (κ2) is 7.74. The molecule has 0 aliphatic rings. The average molecular weight is 418 g/mol. The molecular formula is C22H25F3N4O. The SMILES string of the molecule is CC(C)c1c(C(=O)NCc2cccc(C(F)(F)F)c2)cnc2cc(C(C)(C)C)nn12. The van der Waals surface area contributed by atoms with Crippen molar-refractivity contribution in [3.8, 4) is 0 Å². The van der Waals surface area contributed by atoms with E-state index in [1.165, 1.54) is 12.3 Å². The Bertz CT molecular complexity index is 1080. The van der Waals surface area contributed by atoms with Gasteiger partial charge in [0.2, 0.25) is 0 Å². The van der Waals surface area contributed by atoms with Gasteiger partial charge in [0.25, 0.3) is 5.91 Å². The molecule has 3 aromatic rings. The number of carbonyl (C=O) groups excluding carboxylic acids is 1. The van der Waals surface area contributed by atoms with Gasteiger partial charge in [-0.2, -0.15) is 18.3 Å². The predicted octanol–water partition coefficient (Wildman–Crippen LogP) is 5.10. The molecule has 30 heavy (non-hydrogen) atoms. The topological polar surface area (TPSA) is 59.3 Å². The minimum Gasteiger partial charge on any atom is -0.348 e. The number of amides is 1. The number of nitrogens with zero attached hydrogens (tertiary/aromatic N) is 3. The Kier molecular flexibility index (Phi) is 5.62. The molecule has 0 saturated carbocycles. The number of hydrogen-bond acceptors (Lipinski definition) is 3. The zero-order valence-corrected chi connectivity index (χ0v) is 17.6. The van der Waals surface area contributed by atoms with E-state index in [1.807, 2.05) is 40.7 Å². The van der Waals surface area contributed by atoms with Crippen LogP contribution in [0.1, 0.15) is 73.4 Å². The first-order valence-electron chi connectivity index (χ1n) is 9.71. The molecule has 2 heterocycles. The minimum atomic E-state index is -4.43. The summed E-state index contributed by atoms with van der Waals surface area (Å²) < 4.78 is 40.4. The Labute approximate surface area is 173 Å². The lowest BCUT2D eigenvalue weighted by atomic mass is 9.93. The third-order valence-electron chi connectivity index (χ3n) is 4.79. The van der Waals surface area contributed by atoms with Gasteiger partial charge in [-0.15, -0.1) is 0 Å². The first-order valence-corrected chi connectivity index (χ1v) is 9.71. The molecule has 0 fully saturated rings. The Morgan fingerprint density at radius 3 is 2.47 bits per heavy atom. The summed E-state index contributed by atoms with van der Waals surface area (Å²) in [5.74, 6) is -0.421. The zero-order valence-electron chi connectivity index (χ0n) is 17.6. The fourth-order valence-corrected chi connectivity index (χ4v) is 3.18. The highest BCUT2D eigenvalue weighted by Crippen LogP contribution is 2.29. The number of benzene rings is 1. The van der Waals surface area contributed by atoms with E-state index in [4.69, 9.17) is 0 Å². The third kappa shape index (κ3) is 4.47. The first-order chi connectivity index (χ1) is 13.9. The van der Waals surface area contributed by atoms with Crippen LogP contribution in [-0.2, 0) is 18.1 Å². The number of hydrogen-bond donors (Lipinski definition) is 1. The highest BCUT2D eigenvalue weighted by molar-refractivity contribution is 5.95. The summed E-state index contributed by atoms with van der Waals surface area (Å²) in [5, 5.41) is 7.36. The molecule has 0 saturated heterocycles. The highest BCUT2D eigenvalue weighted by atomic mass is 19.4. The largest absolute Gasteiger partial charge is 0.416 e. The van der Waals surface area contributed by atoms with Crippen molar-refractivity contribution in [1.29, 1.82) is 0 Å². The Morgan fingerprint density at radius 1 is 1.17 bits per heavy atom. The van der Waals surface area contributed by atoms with E-state index in [9.17, 15) is 18.0 Å². The van der Waals surface area contributed by atoms with E-state index in [0.29, 0.717) is 22.5 Å². The van der Waals surface area contributed by atoms with Crippen LogP contribution >= 0.6 is 0 Å². The fourth-order valence-electron chi connectivity index (χ4n) is 3.18. The van der Waals surface area contributed by atoms with Gasteiger partial charge in [-0.1, -0.05) is 46.8 Å². The molecule has 1 N–H and O–H groups in total. The van der Waals surface area contributed by atoms with Crippen molar-refractivity contribution in [3.63, 3.8) is 0 Å². The summed E-state index contributed by atoms with van der Waals surface area (Å²) >= 11 is 0. The summed E-state index contributed by atoms with van der Waals surface area (Å²) in [7, 11) is 0. The number of rotatable bonds is 4. The monoisotopic (exact) mass is 418 g/mol. The number of carbonyl (C=O) groups is 1. The quantitative estimate of drug-likeness (QED) is 0.641. The lowest BCUT2D eigenvalue weighted by Gasteiger charge is -2.16. The standard InChI is InChI=1S/C22H25F3N4O/c1-13(2)19-16(12-26-18-10-17(21(3,4)5)28-29(18)19)20(30)27-11-14-7-6-8-15(9-14)22(23,24)25/h6-10,12-13H,11H2,1-5H3,(H,27,30). The normalized spacial score (nSPS) is 12.6. The second-order valence-corrected chi connectivity index (χ2v) is 8.64. The van der Waals surface area contributed by atoms with Gasteiger partial charge in [0.15, 0.2) is 5.65 Å². The van der Waals surface area contributed by atoms with Gasteiger partial charge < -0.3 is 5.32 Å². The second-order valence-electron chi connectivity index (χ2n) is 8.64. The van der Waals surface area contributed by atoms with Crippen LogP contribution in [0.15, 0.2) is 36.5 Å². The number of fused-ring (bicyclic) bond motifs is 1. The number of halogens is 3. The van der Waals surface area contributed by atoms with Gasteiger partial charge in [0, 0.05) is 24.2 Å². The summed E-state index contributed by atoms with van der Waals surface area (Å²) in [6, 6.07) is 6.81. The van der Waals surface area contributed by atoms with Gasteiger partial charge >= 0.3 is 6.18 Å². The van der Waals surface area contributed by atoms with Gasteiger partial charge in [-0.3, -0.25) is 4.79 Å². The molecule has 0 bridgehead atoms. The molecule has 0 spiro atoms. The fraction of sp³-hybridized carbons (Fsp3) is 0.409. The molecular weight excluding hydrogens is 393 g/mol. The maximum absolute atomic E-state index is 12.9. The van der Waals surface area contributed by atoms with Crippen LogP contribution < -0.4 is 5.32 Å². The van der Waals surface area contributed by atoms with Crippen LogP contribution in [-0.4, -0.2) is 20.5 Å². The van der Waals surface area contributed by atoms with Gasteiger partial charge in [0.05, 0.1) is 22.5 Å². The molecule has 0 atom stereocenters. The molecule has 0 radical (unpaired) electrons. The smallest absolute Gasteiger partial charge is 0.348 e. The van der Waals surface area contributed by atoms with Crippen molar-refractivity contribution in [3.05, 3.63) is 64.6 Å². The summed E-state index contributed by atoms with van der Waals surface area (Å²) in [6.45, 7) is 10.0. The van der Waals surface area contributed by atoms with Crippen molar-refractivity contribution < 1.29 is 18.0 Å². The van der Waals surface area contributed by atoms with E-state index >= 15 is 0 Å². The zero-order chi connectivity index (χ0) is 22.3.